The summed E-state index contributed by atoms with van der Waals surface area (Å²) >= 11 is 0. The molecule has 6 heteroatoms. The summed E-state index contributed by atoms with van der Waals surface area (Å²) in [4.78, 5) is 37.6. The number of carbonyl (C=O) groups is 3. The van der Waals surface area contributed by atoms with Crippen molar-refractivity contribution in [3.05, 3.63) is 59.2 Å². The van der Waals surface area contributed by atoms with Crippen LogP contribution in [0.4, 0.5) is 11.4 Å². The minimum Gasteiger partial charge on any atom is -0.375 e. The fraction of sp³-hybridized carbons (Fsp3) is 0.375. The van der Waals surface area contributed by atoms with Gasteiger partial charge in [-0.3, -0.25) is 14.4 Å². The van der Waals surface area contributed by atoms with Gasteiger partial charge < -0.3 is 15.7 Å². The van der Waals surface area contributed by atoms with Crippen LogP contribution in [0, 0.1) is 12.8 Å². The zero-order valence-corrected chi connectivity index (χ0v) is 17.0. The molecule has 0 saturated heterocycles. The largest absolute Gasteiger partial charge is 0.375 e. The van der Waals surface area contributed by atoms with E-state index in [1.165, 1.54) is 6.42 Å². The molecule has 2 amide bonds. The summed E-state index contributed by atoms with van der Waals surface area (Å²) in [6.45, 7) is 1.87. The number of Topliss-reactive ketones (excluding diaryl/α,β-unsaturated/α-hetero) is 1. The lowest BCUT2D eigenvalue weighted by Gasteiger charge is -2.21. The molecule has 0 unspecified atom stereocenters. The van der Waals surface area contributed by atoms with Crippen LogP contribution in [-0.4, -0.2) is 22.7 Å². The Morgan fingerprint density at radius 2 is 1.80 bits per heavy atom. The van der Waals surface area contributed by atoms with E-state index in [-0.39, 0.29) is 24.0 Å². The summed E-state index contributed by atoms with van der Waals surface area (Å²) in [7, 11) is 0. The number of anilines is 2. The average molecular weight is 406 g/mol. The van der Waals surface area contributed by atoms with Gasteiger partial charge in [0.1, 0.15) is 0 Å². The minimum absolute atomic E-state index is 0.0256. The van der Waals surface area contributed by atoms with Gasteiger partial charge in [0, 0.05) is 28.4 Å². The molecule has 156 valence electrons. The molecule has 1 heterocycles. The number of hydrogen-bond acceptors (Lipinski definition) is 4. The van der Waals surface area contributed by atoms with E-state index in [9.17, 15) is 19.5 Å². The Morgan fingerprint density at radius 3 is 2.50 bits per heavy atom. The standard InChI is InChI=1S/C24H26N2O4/c1-15-7-12-20-19(13-15)24(30,23(29)26-20)14-21(27)16-8-10-18(11-9-16)25-22(28)17-5-3-2-4-6-17/h7-13,17,30H,2-6,14H2,1H3,(H,25,28)(H,26,29)/t24-/m1/s1. The Morgan fingerprint density at radius 1 is 1.10 bits per heavy atom. The van der Waals surface area contributed by atoms with Gasteiger partial charge in [-0.25, -0.2) is 0 Å². The number of benzene rings is 2. The van der Waals surface area contributed by atoms with E-state index in [1.807, 2.05) is 13.0 Å². The zero-order chi connectivity index (χ0) is 21.3. The number of aryl methyl sites for hydroxylation is 1. The number of ketones is 1. The second-order valence-corrected chi connectivity index (χ2v) is 8.36. The molecule has 0 bridgehead atoms. The number of rotatable bonds is 5. The maximum Gasteiger partial charge on any atom is 0.261 e. The van der Waals surface area contributed by atoms with Crippen molar-refractivity contribution in [1.29, 1.82) is 0 Å². The predicted octanol–water partition coefficient (Wildman–Crippen LogP) is 3.93. The first kappa shape index (κ1) is 20.3. The first-order valence-corrected chi connectivity index (χ1v) is 10.5. The molecule has 6 nitrogen and oxygen atoms in total. The number of fused-ring (bicyclic) bond motifs is 1. The van der Waals surface area contributed by atoms with Gasteiger partial charge >= 0.3 is 0 Å². The summed E-state index contributed by atoms with van der Waals surface area (Å²) in [6.07, 6.45) is 4.86. The monoisotopic (exact) mass is 406 g/mol. The molecule has 0 radical (unpaired) electrons. The molecule has 1 fully saturated rings. The summed E-state index contributed by atoms with van der Waals surface area (Å²) in [6, 6.07) is 11.9. The summed E-state index contributed by atoms with van der Waals surface area (Å²) in [5.74, 6) is -0.851. The van der Waals surface area contributed by atoms with Gasteiger partial charge in [0.2, 0.25) is 5.91 Å². The minimum atomic E-state index is -1.88. The molecule has 1 aliphatic heterocycles. The van der Waals surface area contributed by atoms with Gasteiger partial charge in [-0.1, -0.05) is 37.0 Å². The van der Waals surface area contributed by atoms with Gasteiger partial charge in [-0.15, -0.1) is 0 Å². The molecule has 0 spiro atoms. The third-order valence-corrected chi connectivity index (χ3v) is 6.11. The smallest absolute Gasteiger partial charge is 0.261 e. The van der Waals surface area contributed by atoms with Crippen molar-refractivity contribution in [2.45, 2.75) is 51.0 Å². The molecule has 2 aliphatic rings. The normalized spacial score (nSPS) is 21.1. The number of hydrogen-bond donors (Lipinski definition) is 3. The molecule has 2 aromatic rings. The summed E-state index contributed by atoms with van der Waals surface area (Å²) < 4.78 is 0. The lowest BCUT2D eigenvalue weighted by atomic mass is 9.87. The van der Waals surface area contributed by atoms with Crippen LogP contribution in [0.2, 0.25) is 0 Å². The number of amides is 2. The third-order valence-electron chi connectivity index (χ3n) is 6.11. The molecule has 1 aliphatic carbocycles. The second kappa shape index (κ2) is 8.03. The molecule has 1 saturated carbocycles. The number of nitrogens with one attached hydrogen (secondary N) is 2. The summed E-state index contributed by atoms with van der Waals surface area (Å²) in [5.41, 5.74) is 0.994. The first-order valence-electron chi connectivity index (χ1n) is 10.5. The van der Waals surface area contributed by atoms with E-state index >= 15 is 0 Å². The SMILES string of the molecule is Cc1ccc2c(c1)[C@](O)(CC(=O)c1ccc(NC(=O)C3CCCCC3)cc1)C(=O)N2. The molecule has 3 N–H and O–H groups in total. The van der Waals surface area contributed by atoms with Crippen LogP contribution in [-0.2, 0) is 15.2 Å². The molecule has 30 heavy (non-hydrogen) atoms. The van der Waals surface area contributed by atoms with Crippen molar-refractivity contribution < 1.29 is 19.5 Å². The van der Waals surface area contributed by atoms with E-state index in [2.05, 4.69) is 10.6 Å². The van der Waals surface area contributed by atoms with E-state index < -0.39 is 11.5 Å². The highest BCUT2D eigenvalue weighted by Gasteiger charge is 2.46. The zero-order valence-electron chi connectivity index (χ0n) is 17.0. The summed E-state index contributed by atoms with van der Waals surface area (Å²) in [5, 5.41) is 16.6. The van der Waals surface area contributed by atoms with Crippen LogP contribution in [0.25, 0.3) is 0 Å². The maximum atomic E-state index is 12.8. The molecule has 1 atom stereocenters. The highest BCUT2D eigenvalue weighted by molar-refractivity contribution is 6.09. The van der Waals surface area contributed by atoms with Crippen molar-refractivity contribution in [1.82, 2.24) is 0 Å². The van der Waals surface area contributed by atoms with Crippen LogP contribution < -0.4 is 10.6 Å². The fourth-order valence-electron chi connectivity index (χ4n) is 4.32. The maximum absolute atomic E-state index is 12.8. The Labute approximate surface area is 175 Å². The van der Waals surface area contributed by atoms with Crippen molar-refractivity contribution in [3.63, 3.8) is 0 Å². The predicted molar refractivity (Wildman–Crippen MR) is 114 cm³/mol. The van der Waals surface area contributed by atoms with Crippen molar-refractivity contribution in [2.75, 3.05) is 10.6 Å². The molecule has 2 aromatic carbocycles. The van der Waals surface area contributed by atoms with Crippen molar-refractivity contribution >= 4 is 29.0 Å². The van der Waals surface area contributed by atoms with E-state index in [0.29, 0.717) is 22.5 Å². The van der Waals surface area contributed by atoms with E-state index in [0.717, 1.165) is 31.2 Å². The van der Waals surface area contributed by atoms with Crippen molar-refractivity contribution in [3.8, 4) is 0 Å². The Kier molecular flexibility index (Phi) is 5.43. The average Bonchev–Trinajstić information content (AvgIpc) is 2.99. The van der Waals surface area contributed by atoms with Crippen LogP contribution in [0.15, 0.2) is 42.5 Å². The first-order chi connectivity index (χ1) is 14.4. The molecular weight excluding hydrogens is 380 g/mol. The van der Waals surface area contributed by atoms with E-state index in [4.69, 9.17) is 0 Å². The fourth-order valence-corrected chi connectivity index (χ4v) is 4.32. The number of carbonyl (C=O) groups excluding carboxylic acids is 3. The van der Waals surface area contributed by atoms with Crippen LogP contribution in [0.5, 0.6) is 0 Å². The Hall–Kier alpha value is -2.99. The third kappa shape index (κ3) is 3.87. The van der Waals surface area contributed by atoms with Gasteiger partial charge in [-0.2, -0.15) is 0 Å². The topological polar surface area (TPSA) is 95.5 Å². The Balaban J connectivity index is 1.45. The number of aliphatic hydroxyl groups is 1. The molecular formula is C24H26N2O4. The van der Waals surface area contributed by atoms with E-state index in [1.54, 1.807) is 36.4 Å². The van der Waals surface area contributed by atoms with Gasteiger partial charge in [0.15, 0.2) is 11.4 Å². The highest BCUT2D eigenvalue weighted by atomic mass is 16.3. The van der Waals surface area contributed by atoms with Crippen molar-refractivity contribution in [2.24, 2.45) is 5.92 Å². The van der Waals surface area contributed by atoms with Crippen LogP contribution in [0.1, 0.15) is 60.0 Å². The second-order valence-electron chi connectivity index (χ2n) is 8.36. The van der Waals surface area contributed by atoms with Gasteiger partial charge in [-0.05, 0) is 50.1 Å². The quantitative estimate of drug-likeness (QED) is 0.656. The lowest BCUT2D eigenvalue weighted by Crippen LogP contribution is -2.36. The van der Waals surface area contributed by atoms with Gasteiger partial charge in [0.05, 0.1) is 6.42 Å². The van der Waals surface area contributed by atoms with Gasteiger partial charge in [0.25, 0.3) is 5.91 Å². The van der Waals surface area contributed by atoms with Crippen LogP contribution >= 0.6 is 0 Å². The highest BCUT2D eigenvalue weighted by Crippen LogP contribution is 2.39. The van der Waals surface area contributed by atoms with Crippen LogP contribution in [0.3, 0.4) is 0 Å². The lowest BCUT2D eigenvalue weighted by molar-refractivity contribution is -0.133. The molecule has 0 aromatic heterocycles. The molecule has 4 rings (SSSR count). The Bertz CT molecular complexity index is 993.